The van der Waals surface area contributed by atoms with Gasteiger partial charge in [0.15, 0.2) is 0 Å². The highest BCUT2D eigenvalue weighted by Crippen LogP contribution is 2.31. The maximum atomic E-state index is 12.1. The Morgan fingerprint density at radius 1 is 1.19 bits per heavy atom. The lowest BCUT2D eigenvalue weighted by molar-refractivity contribution is -0.119. The summed E-state index contributed by atoms with van der Waals surface area (Å²) in [5.41, 5.74) is 4.43. The van der Waals surface area contributed by atoms with Crippen LogP contribution in [0.25, 0.3) is 5.57 Å². The molecule has 0 spiro atoms. The number of nitrogens with zero attached hydrogens (tertiary/aromatic N) is 1. The van der Waals surface area contributed by atoms with E-state index in [9.17, 15) is 9.59 Å². The van der Waals surface area contributed by atoms with Crippen LogP contribution in [0.2, 0.25) is 0 Å². The monoisotopic (exact) mass is 362 g/mol. The molecule has 2 aliphatic heterocycles. The van der Waals surface area contributed by atoms with Gasteiger partial charge in [-0.2, -0.15) is 0 Å². The zero-order valence-electron chi connectivity index (χ0n) is 15.2. The fourth-order valence-electron chi connectivity index (χ4n) is 3.61. The van der Waals surface area contributed by atoms with E-state index in [1.165, 1.54) is 0 Å². The average Bonchev–Trinajstić information content (AvgIpc) is 3.23. The summed E-state index contributed by atoms with van der Waals surface area (Å²) in [5, 5.41) is 9.05. The van der Waals surface area contributed by atoms with E-state index in [2.05, 4.69) is 33.0 Å². The van der Waals surface area contributed by atoms with Gasteiger partial charge in [0, 0.05) is 54.9 Å². The van der Waals surface area contributed by atoms with E-state index >= 15 is 0 Å². The number of hydrogen-bond donors (Lipinski definition) is 3. The highest BCUT2D eigenvalue weighted by molar-refractivity contribution is 6.31. The second kappa shape index (κ2) is 7.15. The third-order valence-corrected chi connectivity index (χ3v) is 4.92. The van der Waals surface area contributed by atoms with Crippen molar-refractivity contribution >= 4 is 34.4 Å². The molecule has 1 atom stereocenters. The molecule has 1 saturated heterocycles. The summed E-state index contributed by atoms with van der Waals surface area (Å²) in [7, 11) is 0. The van der Waals surface area contributed by atoms with Gasteiger partial charge in [-0.25, -0.2) is 0 Å². The van der Waals surface area contributed by atoms with Crippen LogP contribution in [0.3, 0.4) is 0 Å². The molecular formula is C21H22N4O2. The lowest BCUT2D eigenvalue weighted by Gasteiger charge is -2.19. The van der Waals surface area contributed by atoms with Crippen molar-refractivity contribution in [3.63, 3.8) is 0 Å². The van der Waals surface area contributed by atoms with Gasteiger partial charge in [-0.3, -0.25) is 9.59 Å². The summed E-state index contributed by atoms with van der Waals surface area (Å²) in [6.45, 7) is 3.31. The Kier molecular flexibility index (Phi) is 4.54. The van der Waals surface area contributed by atoms with Crippen molar-refractivity contribution in [3.05, 3.63) is 60.3 Å². The fourth-order valence-corrected chi connectivity index (χ4v) is 3.61. The number of anilines is 3. The van der Waals surface area contributed by atoms with Crippen molar-refractivity contribution in [1.29, 1.82) is 0 Å². The molecule has 0 aliphatic carbocycles. The molecule has 0 bridgehead atoms. The van der Waals surface area contributed by atoms with E-state index in [4.69, 9.17) is 0 Å². The minimum atomic E-state index is -0.0959. The summed E-state index contributed by atoms with van der Waals surface area (Å²) >= 11 is 0. The minimum absolute atomic E-state index is 0.0203. The fraction of sp³-hybridized carbons (Fsp3) is 0.238. The molecular weight excluding hydrogens is 340 g/mol. The molecule has 4 rings (SSSR count). The zero-order valence-corrected chi connectivity index (χ0v) is 15.2. The lowest BCUT2D eigenvalue weighted by atomic mass is 10.1. The number of para-hydroxylation sites is 1. The maximum Gasteiger partial charge on any atom is 0.257 e. The molecule has 0 saturated carbocycles. The lowest BCUT2D eigenvalue weighted by Crippen LogP contribution is -2.35. The van der Waals surface area contributed by atoms with Gasteiger partial charge < -0.3 is 20.9 Å². The summed E-state index contributed by atoms with van der Waals surface area (Å²) < 4.78 is 0. The Bertz CT molecular complexity index is 905. The number of carbonyl (C=O) groups is 2. The van der Waals surface area contributed by atoms with Crippen molar-refractivity contribution in [2.75, 3.05) is 28.6 Å². The molecule has 1 unspecified atom stereocenters. The first kappa shape index (κ1) is 17.1. The van der Waals surface area contributed by atoms with Gasteiger partial charge in [-0.1, -0.05) is 18.2 Å². The summed E-state index contributed by atoms with van der Waals surface area (Å²) in [5.74, 6) is -0.0756. The first-order valence-corrected chi connectivity index (χ1v) is 9.10. The summed E-state index contributed by atoms with van der Waals surface area (Å²) in [6.07, 6.45) is 2.71. The number of nitrogens with one attached hydrogen (secondary N) is 3. The molecule has 1 fully saturated rings. The van der Waals surface area contributed by atoms with Crippen LogP contribution in [-0.2, 0) is 9.59 Å². The summed E-state index contributed by atoms with van der Waals surface area (Å²) in [6, 6.07) is 16.0. The molecule has 2 heterocycles. The molecule has 27 heavy (non-hydrogen) atoms. The summed E-state index contributed by atoms with van der Waals surface area (Å²) in [4.78, 5) is 25.6. The van der Waals surface area contributed by atoms with Crippen LogP contribution >= 0.6 is 0 Å². The smallest absolute Gasteiger partial charge is 0.257 e. The number of hydrogen-bond acceptors (Lipinski definition) is 4. The van der Waals surface area contributed by atoms with Crippen molar-refractivity contribution in [2.24, 2.45) is 0 Å². The molecule has 2 aromatic rings. The zero-order chi connectivity index (χ0) is 18.8. The van der Waals surface area contributed by atoms with Gasteiger partial charge in [-0.15, -0.1) is 0 Å². The number of fused-ring (bicyclic) bond motifs is 1. The van der Waals surface area contributed by atoms with Crippen LogP contribution < -0.4 is 20.9 Å². The SMILES string of the molecule is CC(=O)NC1CCN(c2ccc(N/C=C3\C(=O)Nc4ccccc43)cc2)C1. The number of amides is 2. The van der Waals surface area contributed by atoms with E-state index < -0.39 is 0 Å². The first-order valence-electron chi connectivity index (χ1n) is 9.10. The van der Waals surface area contributed by atoms with Crippen LogP contribution in [0.1, 0.15) is 18.9 Å². The maximum absolute atomic E-state index is 12.1. The Labute approximate surface area is 158 Å². The Hall–Kier alpha value is -3.28. The number of rotatable bonds is 4. The minimum Gasteiger partial charge on any atom is -0.369 e. The standard InChI is InChI=1S/C21H22N4O2/c1-14(26)23-16-10-11-25(13-16)17-8-6-15(7-9-17)22-12-19-18-4-2-3-5-20(18)24-21(19)27/h2-9,12,16,22H,10-11,13H2,1H3,(H,23,26)(H,24,27)/b19-12-. The van der Waals surface area contributed by atoms with Crippen LogP contribution in [0.15, 0.2) is 54.7 Å². The highest BCUT2D eigenvalue weighted by Gasteiger charge is 2.24. The Morgan fingerprint density at radius 2 is 1.96 bits per heavy atom. The van der Waals surface area contributed by atoms with Gasteiger partial charge >= 0.3 is 0 Å². The van der Waals surface area contributed by atoms with Crippen LogP contribution in [-0.4, -0.2) is 30.9 Å². The van der Waals surface area contributed by atoms with Crippen molar-refractivity contribution in [2.45, 2.75) is 19.4 Å². The third kappa shape index (κ3) is 3.65. The first-order chi connectivity index (χ1) is 13.1. The normalized spacial score (nSPS) is 19.7. The number of benzene rings is 2. The van der Waals surface area contributed by atoms with Crippen LogP contribution in [0.5, 0.6) is 0 Å². The predicted molar refractivity (Wildman–Crippen MR) is 108 cm³/mol. The van der Waals surface area contributed by atoms with Crippen molar-refractivity contribution in [1.82, 2.24) is 5.32 Å². The Balaban J connectivity index is 1.42. The molecule has 0 radical (unpaired) electrons. The van der Waals surface area contributed by atoms with Crippen LogP contribution in [0, 0.1) is 0 Å². The topological polar surface area (TPSA) is 73.5 Å². The molecule has 0 aromatic heterocycles. The molecule has 6 heteroatoms. The van der Waals surface area contributed by atoms with E-state index in [1.807, 2.05) is 36.4 Å². The second-order valence-electron chi connectivity index (χ2n) is 6.88. The Morgan fingerprint density at radius 3 is 2.74 bits per heavy atom. The predicted octanol–water partition coefficient (Wildman–Crippen LogP) is 2.81. The molecule has 2 aliphatic rings. The third-order valence-electron chi connectivity index (χ3n) is 4.92. The van der Waals surface area contributed by atoms with E-state index in [0.29, 0.717) is 5.57 Å². The number of carbonyl (C=O) groups excluding carboxylic acids is 2. The van der Waals surface area contributed by atoms with E-state index in [1.54, 1.807) is 13.1 Å². The quantitative estimate of drug-likeness (QED) is 0.732. The van der Waals surface area contributed by atoms with E-state index in [0.717, 1.165) is 42.1 Å². The molecule has 6 nitrogen and oxygen atoms in total. The van der Waals surface area contributed by atoms with Crippen LogP contribution in [0.4, 0.5) is 17.1 Å². The molecule has 2 amide bonds. The van der Waals surface area contributed by atoms with E-state index in [-0.39, 0.29) is 17.9 Å². The second-order valence-corrected chi connectivity index (χ2v) is 6.88. The largest absolute Gasteiger partial charge is 0.369 e. The van der Waals surface area contributed by atoms with Crippen molar-refractivity contribution in [3.8, 4) is 0 Å². The molecule has 2 aromatic carbocycles. The van der Waals surface area contributed by atoms with Gasteiger partial charge in [0.25, 0.3) is 5.91 Å². The van der Waals surface area contributed by atoms with Gasteiger partial charge in [0.2, 0.25) is 5.91 Å². The average molecular weight is 362 g/mol. The molecule has 3 N–H and O–H groups in total. The highest BCUT2D eigenvalue weighted by atomic mass is 16.2. The van der Waals surface area contributed by atoms with Gasteiger partial charge in [-0.05, 0) is 36.8 Å². The van der Waals surface area contributed by atoms with Crippen molar-refractivity contribution < 1.29 is 9.59 Å². The van der Waals surface area contributed by atoms with Gasteiger partial charge in [0.05, 0.1) is 5.57 Å². The van der Waals surface area contributed by atoms with Gasteiger partial charge in [0.1, 0.15) is 0 Å². The molecule has 138 valence electrons.